The molecular formula is C36H51N5O6. The normalized spacial score (nSPS) is 27.1. The van der Waals surface area contributed by atoms with Gasteiger partial charge in [-0.3, -0.25) is 9.59 Å². The summed E-state index contributed by atoms with van der Waals surface area (Å²) in [6.07, 6.45) is 7.81. The number of benzene rings is 1. The maximum atomic E-state index is 14.1. The molecule has 2 saturated carbocycles. The van der Waals surface area contributed by atoms with Crippen LogP contribution < -0.4 is 25.8 Å². The number of nitrogens with zero attached hydrogens (tertiary/aromatic N) is 2. The first-order valence-corrected chi connectivity index (χ1v) is 17.5. The average Bonchev–Trinajstić information content (AvgIpc) is 3.93. The van der Waals surface area contributed by atoms with Crippen LogP contribution in [0.2, 0.25) is 0 Å². The molecule has 3 amide bonds. The maximum absolute atomic E-state index is 14.1. The van der Waals surface area contributed by atoms with E-state index in [1.54, 1.807) is 0 Å². The number of carbonyl (C=O) groups is 3. The summed E-state index contributed by atoms with van der Waals surface area (Å²) in [4.78, 5) is 46.2. The van der Waals surface area contributed by atoms with Crippen LogP contribution in [-0.2, 0) is 20.7 Å². The van der Waals surface area contributed by atoms with Gasteiger partial charge < -0.3 is 35.5 Å². The Morgan fingerprint density at radius 1 is 1.13 bits per heavy atom. The highest BCUT2D eigenvalue weighted by Crippen LogP contribution is 2.40. The van der Waals surface area contributed by atoms with Crippen molar-refractivity contribution in [2.45, 2.75) is 122 Å². The fourth-order valence-electron chi connectivity index (χ4n) is 6.90. The largest absolute Gasteiger partial charge is 0.492 e. The van der Waals surface area contributed by atoms with E-state index in [4.69, 9.17) is 24.9 Å². The number of rotatable bonds is 7. The smallest absolute Gasteiger partial charge is 0.408 e. The van der Waals surface area contributed by atoms with E-state index in [2.05, 4.69) is 22.8 Å². The monoisotopic (exact) mass is 649 g/mol. The number of fused-ring (bicyclic) bond motifs is 5. The minimum Gasteiger partial charge on any atom is -0.492 e. The molecule has 1 saturated heterocycles. The van der Waals surface area contributed by atoms with Gasteiger partial charge in [-0.2, -0.15) is 0 Å². The lowest BCUT2D eigenvalue weighted by Gasteiger charge is -2.34. The Hall–Kier alpha value is -3.60. The van der Waals surface area contributed by atoms with Gasteiger partial charge in [-0.1, -0.05) is 39.7 Å². The lowest BCUT2D eigenvalue weighted by atomic mass is 9.85. The first-order chi connectivity index (χ1) is 22.5. The SMILES string of the molecule is Cc1ccc2c(OCCCNC3CC3)c3c(nc2c1)O[C@@H]1C[C@@H](C(N)=O)N(C1)C(=O)[C@H](C(C)(C)C)NC(=O)O[C@@H]1C[C@H]1CCCCC3. The second-order valence-electron chi connectivity index (χ2n) is 15.0. The zero-order valence-electron chi connectivity index (χ0n) is 28.3. The highest BCUT2D eigenvalue weighted by molar-refractivity contribution is 5.92. The van der Waals surface area contributed by atoms with Gasteiger partial charge in [-0.15, -0.1) is 0 Å². The Balaban J connectivity index is 1.33. The minimum absolute atomic E-state index is 0.135. The summed E-state index contributed by atoms with van der Waals surface area (Å²) in [5.41, 5.74) is 7.99. The number of pyridine rings is 1. The van der Waals surface area contributed by atoms with Crippen molar-refractivity contribution in [1.29, 1.82) is 0 Å². The molecule has 2 bridgehead atoms. The summed E-state index contributed by atoms with van der Waals surface area (Å²) in [7, 11) is 0. The van der Waals surface area contributed by atoms with Crippen LogP contribution in [0.4, 0.5) is 4.79 Å². The molecule has 2 aromatic rings. The van der Waals surface area contributed by atoms with E-state index in [9.17, 15) is 14.4 Å². The number of primary amides is 1. The lowest BCUT2D eigenvalue weighted by molar-refractivity contribution is -0.141. The van der Waals surface area contributed by atoms with E-state index in [1.807, 2.05) is 33.8 Å². The Kier molecular flexibility index (Phi) is 9.82. The molecule has 1 aromatic carbocycles. The number of nitrogens with two attached hydrogens (primary N) is 1. The predicted molar refractivity (Wildman–Crippen MR) is 178 cm³/mol. The van der Waals surface area contributed by atoms with Gasteiger partial charge in [0.25, 0.3) is 0 Å². The summed E-state index contributed by atoms with van der Waals surface area (Å²) >= 11 is 0. The third kappa shape index (κ3) is 8.11. The molecule has 3 fully saturated rings. The number of ether oxygens (including phenoxy) is 3. The van der Waals surface area contributed by atoms with Gasteiger partial charge in [0.05, 0.1) is 24.2 Å². The van der Waals surface area contributed by atoms with Crippen LogP contribution in [0.15, 0.2) is 18.2 Å². The average molecular weight is 650 g/mol. The van der Waals surface area contributed by atoms with Gasteiger partial charge in [0.1, 0.15) is 30.0 Å². The van der Waals surface area contributed by atoms with Crippen LogP contribution in [0.25, 0.3) is 10.9 Å². The Labute approximate surface area is 277 Å². The van der Waals surface area contributed by atoms with Gasteiger partial charge >= 0.3 is 6.09 Å². The van der Waals surface area contributed by atoms with Gasteiger partial charge in [0.2, 0.25) is 17.7 Å². The summed E-state index contributed by atoms with van der Waals surface area (Å²) in [5.74, 6) is 0.611. The highest BCUT2D eigenvalue weighted by Gasteiger charge is 2.47. The van der Waals surface area contributed by atoms with E-state index >= 15 is 0 Å². The second kappa shape index (κ2) is 13.9. The lowest BCUT2D eigenvalue weighted by Crippen LogP contribution is -2.57. The van der Waals surface area contributed by atoms with Crippen LogP contribution in [0.3, 0.4) is 0 Å². The van der Waals surface area contributed by atoms with Crippen LogP contribution in [0, 0.1) is 18.3 Å². The van der Waals surface area contributed by atoms with Crippen molar-refractivity contribution >= 4 is 28.8 Å². The second-order valence-corrected chi connectivity index (χ2v) is 15.0. The Morgan fingerprint density at radius 2 is 1.94 bits per heavy atom. The fraction of sp³-hybridized carbons (Fsp3) is 0.667. The molecular weight excluding hydrogens is 598 g/mol. The van der Waals surface area contributed by atoms with Crippen molar-refractivity contribution in [1.82, 2.24) is 20.5 Å². The summed E-state index contributed by atoms with van der Waals surface area (Å²) in [5, 5.41) is 7.33. The highest BCUT2D eigenvalue weighted by atomic mass is 16.6. The van der Waals surface area contributed by atoms with Crippen molar-refractivity contribution in [2.24, 2.45) is 17.1 Å². The number of carbonyl (C=O) groups excluding carboxylic acids is 3. The third-order valence-electron chi connectivity index (χ3n) is 9.88. The summed E-state index contributed by atoms with van der Waals surface area (Å²) < 4.78 is 19.0. The summed E-state index contributed by atoms with van der Waals surface area (Å²) in [6.45, 7) is 9.28. The predicted octanol–water partition coefficient (Wildman–Crippen LogP) is 4.54. The number of hydrogen-bond donors (Lipinski definition) is 3. The molecule has 11 nitrogen and oxygen atoms in total. The summed E-state index contributed by atoms with van der Waals surface area (Å²) in [6, 6.07) is 5.04. The van der Waals surface area contributed by atoms with Crippen LogP contribution >= 0.6 is 0 Å². The molecule has 0 radical (unpaired) electrons. The standard InChI is InChI=1S/C36H51N5O6/c1-21-11-14-25-27(17-21)39-33-26(30(25)45-16-8-15-38-23-12-13-23)10-7-5-6-9-22-18-29(22)47-35(44)40-31(36(2,3)4)34(43)41-20-24(46-33)19-28(41)32(37)42/h11,14,17,22-24,28-29,31,38H,5-10,12-13,15-16,18-20H2,1-4H3,(H2,37,42)(H,40,44)/t22-,24-,28+,29-,31-/m1/s1. The van der Waals surface area contributed by atoms with Crippen LogP contribution in [-0.4, -0.2) is 77.8 Å². The van der Waals surface area contributed by atoms with Crippen LogP contribution in [0.5, 0.6) is 11.6 Å². The van der Waals surface area contributed by atoms with Crippen molar-refractivity contribution < 1.29 is 28.6 Å². The van der Waals surface area contributed by atoms with Gasteiger partial charge in [0.15, 0.2) is 0 Å². The topological polar surface area (TPSA) is 145 Å². The minimum atomic E-state index is -0.918. The number of amides is 3. The molecule has 5 atom stereocenters. The molecule has 3 heterocycles. The molecule has 0 spiro atoms. The Morgan fingerprint density at radius 3 is 2.68 bits per heavy atom. The Bertz CT molecular complexity index is 1490. The first-order valence-electron chi connectivity index (χ1n) is 17.5. The molecule has 4 aliphatic rings. The van der Waals surface area contributed by atoms with E-state index < -0.39 is 35.6 Å². The molecule has 11 heteroatoms. The number of alkyl carbamates (subject to hydrolysis) is 1. The van der Waals surface area contributed by atoms with Gasteiger partial charge in [-0.25, -0.2) is 9.78 Å². The molecule has 2 aliphatic heterocycles. The maximum Gasteiger partial charge on any atom is 0.408 e. The van der Waals surface area contributed by atoms with E-state index in [1.165, 1.54) is 17.7 Å². The van der Waals surface area contributed by atoms with E-state index in [-0.39, 0.29) is 25.0 Å². The van der Waals surface area contributed by atoms with Crippen molar-refractivity contribution in [3.8, 4) is 11.6 Å². The molecule has 4 N–H and O–H groups in total. The van der Waals surface area contributed by atoms with Crippen LogP contribution in [0.1, 0.15) is 89.7 Å². The van der Waals surface area contributed by atoms with Crippen molar-refractivity contribution in [3.05, 3.63) is 29.3 Å². The number of aromatic nitrogens is 1. The van der Waals surface area contributed by atoms with Crippen molar-refractivity contribution in [3.63, 3.8) is 0 Å². The molecule has 1 aromatic heterocycles. The fourth-order valence-corrected chi connectivity index (χ4v) is 6.90. The van der Waals surface area contributed by atoms with E-state index in [0.29, 0.717) is 24.4 Å². The zero-order chi connectivity index (χ0) is 33.3. The molecule has 0 unspecified atom stereocenters. The van der Waals surface area contributed by atoms with Gasteiger partial charge in [0, 0.05) is 17.8 Å². The van der Waals surface area contributed by atoms with Gasteiger partial charge in [-0.05, 0) is 87.4 Å². The molecule has 47 heavy (non-hydrogen) atoms. The number of nitrogens with one attached hydrogen (secondary N) is 2. The van der Waals surface area contributed by atoms with E-state index in [0.717, 1.165) is 79.3 Å². The van der Waals surface area contributed by atoms with Crippen molar-refractivity contribution in [2.75, 3.05) is 19.7 Å². The third-order valence-corrected chi connectivity index (χ3v) is 9.88. The molecule has 2 aliphatic carbocycles. The number of hydrogen-bond acceptors (Lipinski definition) is 8. The molecule has 6 rings (SSSR count). The number of aryl methyl sites for hydroxylation is 1. The first kappa shape index (κ1) is 33.3. The zero-order valence-corrected chi connectivity index (χ0v) is 28.3. The quantitative estimate of drug-likeness (QED) is 0.371. The molecule has 256 valence electrons.